The van der Waals surface area contributed by atoms with Crippen LogP contribution >= 0.6 is 15.9 Å². The number of nitrogens with zero attached hydrogens (tertiary/aromatic N) is 1. The van der Waals surface area contributed by atoms with Gasteiger partial charge in [-0.05, 0) is 22.9 Å². The Labute approximate surface area is 82.7 Å². The highest BCUT2D eigenvalue weighted by Gasteiger charge is 2.18. The van der Waals surface area contributed by atoms with Gasteiger partial charge in [-0.3, -0.25) is 4.98 Å². The van der Waals surface area contributed by atoms with E-state index in [1.807, 2.05) is 0 Å². The molecule has 13 heavy (non-hydrogen) atoms. The minimum Gasteiger partial charge on any atom is -0.392 e. The van der Waals surface area contributed by atoms with Gasteiger partial charge in [0.15, 0.2) is 0 Å². The number of hydrogen-bond donors (Lipinski definition) is 1. The highest BCUT2D eigenvalue weighted by Crippen LogP contribution is 2.31. The molecule has 0 aromatic carbocycles. The Morgan fingerprint density at radius 3 is 2.69 bits per heavy atom. The van der Waals surface area contributed by atoms with Crippen molar-refractivity contribution in [1.82, 2.24) is 4.98 Å². The second-order valence-electron chi connectivity index (χ2n) is 2.56. The summed E-state index contributed by atoms with van der Waals surface area (Å²) in [4.78, 5) is 3.85. The van der Waals surface area contributed by atoms with Gasteiger partial charge in [0, 0.05) is 21.8 Å². The van der Waals surface area contributed by atoms with E-state index in [4.69, 9.17) is 5.11 Å². The van der Waals surface area contributed by atoms with E-state index in [0.29, 0.717) is 5.69 Å². The number of aryl methyl sites for hydroxylation is 1. The van der Waals surface area contributed by atoms with E-state index < -0.39 is 13.0 Å². The average molecular weight is 252 g/mol. The quantitative estimate of drug-likeness (QED) is 0.877. The molecule has 0 saturated heterocycles. The Hall–Kier alpha value is -0.550. The first-order valence-electron chi connectivity index (χ1n) is 3.60. The molecule has 1 aromatic heterocycles. The SMILES string of the molecule is Cc1ncc(CO)c(C(F)F)c1Br. The Balaban J connectivity index is 3.32. The molecule has 0 amide bonds. The van der Waals surface area contributed by atoms with Gasteiger partial charge in [0.05, 0.1) is 12.3 Å². The fraction of sp³-hybridized carbons (Fsp3) is 0.375. The standard InChI is InChI=1S/C8H8BrF2NO/c1-4-7(9)6(8(10)11)5(3-13)2-12-4/h2,8,13H,3H2,1H3. The van der Waals surface area contributed by atoms with Crippen molar-refractivity contribution >= 4 is 15.9 Å². The molecule has 0 fully saturated rings. The number of aliphatic hydroxyl groups excluding tert-OH is 1. The summed E-state index contributed by atoms with van der Waals surface area (Å²) < 4.78 is 25.2. The van der Waals surface area contributed by atoms with Crippen molar-refractivity contribution in [2.24, 2.45) is 0 Å². The van der Waals surface area contributed by atoms with Gasteiger partial charge in [0.25, 0.3) is 6.43 Å². The van der Waals surface area contributed by atoms with E-state index in [-0.39, 0.29) is 15.6 Å². The number of rotatable bonds is 2. The maximum absolute atomic E-state index is 12.5. The lowest BCUT2D eigenvalue weighted by Gasteiger charge is -2.09. The monoisotopic (exact) mass is 251 g/mol. The van der Waals surface area contributed by atoms with Gasteiger partial charge in [-0.15, -0.1) is 0 Å². The largest absolute Gasteiger partial charge is 0.392 e. The predicted molar refractivity (Wildman–Crippen MR) is 47.6 cm³/mol. The zero-order chi connectivity index (χ0) is 10.0. The molecule has 0 saturated carbocycles. The normalized spacial score (nSPS) is 10.9. The van der Waals surface area contributed by atoms with Crippen LogP contribution in [0.1, 0.15) is 23.2 Å². The van der Waals surface area contributed by atoms with Gasteiger partial charge in [-0.25, -0.2) is 8.78 Å². The van der Waals surface area contributed by atoms with E-state index in [9.17, 15) is 8.78 Å². The highest BCUT2D eigenvalue weighted by atomic mass is 79.9. The fourth-order valence-electron chi connectivity index (χ4n) is 0.999. The third kappa shape index (κ3) is 2.03. The molecule has 1 rings (SSSR count). The lowest BCUT2D eigenvalue weighted by atomic mass is 10.1. The van der Waals surface area contributed by atoms with Gasteiger partial charge in [0.2, 0.25) is 0 Å². The number of hydrogen-bond acceptors (Lipinski definition) is 2. The molecule has 0 atom stereocenters. The number of halogens is 3. The van der Waals surface area contributed by atoms with Gasteiger partial charge in [0.1, 0.15) is 0 Å². The van der Waals surface area contributed by atoms with E-state index in [1.54, 1.807) is 6.92 Å². The first kappa shape index (κ1) is 10.5. The van der Waals surface area contributed by atoms with Crippen molar-refractivity contribution in [3.8, 4) is 0 Å². The van der Waals surface area contributed by atoms with Crippen LogP contribution in [0.3, 0.4) is 0 Å². The van der Waals surface area contributed by atoms with Crippen LogP contribution in [0.2, 0.25) is 0 Å². The van der Waals surface area contributed by atoms with E-state index >= 15 is 0 Å². The molecule has 1 heterocycles. The molecule has 1 N–H and O–H groups in total. The van der Waals surface area contributed by atoms with E-state index in [1.165, 1.54) is 6.20 Å². The maximum Gasteiger partial charge on any atom is 0.265 e. The summed E-state index contributed by atoms with van der Waals surface area (Å²) in [5.41, 5.74) is 0.481. The molecule has 0 unspecified atom stereocenters. The van der Waals surface area contributed by atoms with Crippen LogP contribution in [0.5, 0.6) is 0 Å². The molecule has 0 aliphatic rings. The third-order valence-corrected chi connectivity index (χ3v) is 2.70. The van der Waals surface area contributed by atoms with Crippen molar-refractivity contribution in [3.63, 3.8) is 0 Å². The Kier molecular flexibility index (Phi) is 3.33. The molecule has 72 valence electrons. The van der Waals surface area contributed by atoms with E-state index in [2.05, 4.69) is 20.9 Å². The minimum atomic E-state index is -2.60. The maximum atomic E-state index is 12.5. The summed E-state index contributed by atoms with van der Waals surface area (Å²) in [5, 5.41) is 8.79. The van der Waals surface area contributed by atoms with Gasteiger partial charge in [-0.2, -0.15) is 0 Å². The minimum absolute atomic E-state index is 0.160. The van der Waals surface area contributed by atoms with Crippen LogP contribution in [0.15, 0.2) is 10.7 Å². The summed E-state index contributed by atoms with van der Waals surface area (Å²) in [5.74, 6) is 0. The van der Waals surface area contributed by atoms with Crippen molar-refractivity contribution in [2.45, 2.75) is 20.0 Å². The smallest absolute Gasteiger partial charge is 0.265 e. The van der Waals surface area contributed by atoms with Crippen LogP contribution in [0.4, 0.5) is 8.78 Å². The van der Waals surface area contributed by atoms with Crippen molar-refractivity contribution in [3.05, 3.63) is 27.5 Å². The van der Waals surface area contributed by atoms with E-state index in [0.717, 1.165) is 0 Å². The Morgan fingerprint density at radius 1 is 1.62 bits per heavy atom. The van der Waals surface area contributed by atoms with Crippen LogP contribution < -0.4 is 0 Å². The van der Waals surface area contributed by atoms with Crippen LogP contribution in [-0.2, 0) is 6.61 Å². The zero-order valence-electron chi connectivity index (χ0n) is 6.89. The third-order valence-electron chi connectivity index (χ3n) is 1.70. The van der Waals surface area contributed by atoms with Crippen LogP contribution in [0, 0.1) is 6.92 Å². The summed E-state index contributed by atoms with van der Waals surface area (Å²) in [6.07, 6.45) is -1.33. The predicted octanol–water partition coefficient (Wildman–Crippen LogP) is 2.58. The van der Waals surface area contributed by atoms with Crippen molar-refractivity contribution in [2.75, 3.05) is 0 Å². The number of aromatic nitrogens is 1. The average Bonchev–Trinajstić information content (AvgIpc) is 2.08. The summed E-state index contributed by atoms with van der Waals surface area (Å²) in [6, 6.07) is 0. The zero-order valence-corrected chi connectivity index (χ0v) is 8.48. The van der Waals surface area contributed by atoms with Crippen molar-refractivity contribution < 1.29 is 13.9 Å². The molecule has 2 nitrogen and oxygen atoms in total. The molecule has 0 bridgehead atoms. The second kappa shape index (κ2) is 4.11. The van der Waals surface area contributed by atoms with Crippen molar-refractivity contribution in [1.29, 1.82) is 0 Å². The first-order chi connectivity index (χ1) is 6.07. The highest BCUT2D eigenvalue weighted by molar-refractivity contribution is 9.10. The van der Waals surface area contributed by atoms with Gasteiger partial charge >= 0.3 is 0 Å². The summed E-state index contributed by atoms with van der Waals surface area (Å²) in [6.45, 7) is 1.20. The molecule has 0 aliphatic carbocycles. The number of aliphatic hydroxyl groups is 1. The molecule has 0 radical (unpaired) electrons. The number of alkyl halides is 2. The topological polar surface area (TPSA) is 33.1 Å². The second-order valence-corrected chi connectivity index (χ2v) is 3.35. The van der Waals surface area contributed by atoms with Crippen LogP contribution in [0.25, 0.3) is 0 Å². The number of pyridine rings is 1. The molecular weight excluding hydrogens is 244 g/mol. The Bertz CT molecular complexity index is 317. The molecule has 0 aliphatic heterocycles. The lowest BCUT2D eigenvalue weighted by molar-refractivity contribution is 0.146. The van der Waals surface area contributed by atoms with Crippen LogP contribution in [-0.4, -0.2) is 10.1 Å². The molecule has 0 spiro atoms. The molecular formula is C8H8BrF2NO. The molecule has 5 heteroatoms. The fourth-order valence-corrected chi connectivity index (χ4v) is 1.53. The van der Waals surface area contributed by atoms with Gasteiger partial charge in [-0.1, -0.05) is 0 Å². The van der Waals surface area contributed by atoms with Gasteiger partial charge < -0.3 is 5.11 Å². The summed E-state index contributed by atoms with van der Waals surface area (Å²) >= 11 is 3.02. The lowest BCUT2D eigenvalue weighted by Crippen LogP contribution is -2.00. The molecule has 1 aromatic rings. The first-order valence-corrected chi connectivity index (χ1v) is 4.40. The summed E-state index contributed by atoms with van der Waals surface area (Å²) in [7, 11) is 0. The Morgan fingerprint density at radius 2 is 2.23 bits per heavy atom.